The predicted molar refractivity (Wildman–Crippen MR) is 74.1 cm³/mol. The van der Waals surface area contributed by atoms with Crippen LogP contribution in [0.2, 0.25) is 0 Å². The van der Waals surface area contributed by atoms with E-state index in [1.165, 1.54) is 17.0 Å². The van der Waals surface area contributed by atoms with Gasteiger partial charge in [0, 0.05) is 38.7 Å². The minimum absolute atomic E-state index is 0.322. The maximum atomic E-state index is 9.27. The van der Waals surface area contributed by atoms with Crippen molar-refractivity contribution in [2.45, 2.75) is 25.8 Å². The summed E-state index contributed by atoms with van der Waals surface area (Å²) in [6.07, 6.45) is 2.96. The molecule has 0 fully saturated rings. The maximum Gasteiger partial charge on any atom is 0.115 e. The van der Waals surface area contributed by atoms with Gasteiger partial charge < -0.3 is 15.0 Å². The number of fused-ring (bicyclic) bond motifs is 1. The Morgan fingerprint density at radius 1 is 1.26 bits per heavy atom. The minimum Gasteiger partial charge on any atom is -0.508 e. The predicted octanol–water partition coefficient (Wildman–Crippen LogP) is 1.56. The molecule has 100 valence electrons. The highest BCUT2D eigenvalue weighted by atomic mass is 16.3. The molecule has 2 heterocycles. The Labute approximate surface area is 113 Å². The first-order valence-electron chi connectivity index (χ1n) is 6.76. The van der Waals surface area contributed by atoms with Crippen LogP contribution in [0.4, 0.5) is 0 Å². The second-order valence-corrected chi connectivity index (χ2v) is 5.07. The molecule has 3 rings (SSSR count). The van der Waals surface area contributed by atoms with E-state index < -0.39 is 0 Å². The second-order valence-electron chi connectivity index (χ2n) is 5.07. The van der Waals surface area contributed by atoms with E-state index in [-0.39, 0.29) is 0 Å². The van der Waals surface area contributed by atoms with Gasteiger partial charge in [-0.25, -0.2) is 4.98 Å². The van der Waals surface area contributed by atoms with Crippen LogP contribution < -0.4 is 5.32 Å². The van der Waals surface area contributed by atoms with E-state index in [1.807, 2.05) is 12.1 Å². The molecule has 0 spiro atoms. The highest BCUT2D eigenvalue weighted by molar-refractivity contribution is 5.27. The van der Waals surface area contributed by atoms with Crippen molar-refractivity contribution in [2.24, 2.45) is 7.05 Å². The number of hydrogen-bond donors (Lipinski definition) is 2. The highest BCUT2D eigenvalue weighted by Gasteiger charge is 2.17. The quantitative estimate of drug-likeness (QED) is 0.877. The fourth-order valence-corrected chi connectivity index (χ4v) is 2.65. The number of benzene rings is 1. The van der Waals surface area contributed by atoms with Gasteiger partial charge >= 0.3 is 0 Å². The summed E-state index contributed by atoms with van der Waals surface area (Å²) in [6, 6.07) is 7.42. The maximum absolute atomic E-state index is 9.27. The molecule has 4 nitrogen and oxygen atoms in total. The first-order valence-corrected chi connectivity index (χ1v) is 6.76. The third-order valence-electron chi connectivity index (χ3n) is 3.79. The fourth-order valence-electron chi connectivity index (χ4n) is 2.65. The van der Waals surface area contributed by atoms with Gasteiger partial charge in [0.05, 0.1) is 5.69 Å². The highest BCUT2D eigenvalue weighted by Crippen LogP contribution is 2.17. The molecule has 0 atom stereocenters. The summed E-state index contributed by atoms with van der Waals surface area (Å²) in [5, 5.41) is 12.6. The van der Waals surface area contributed by atoms with E-state index in [4.69, 9.17) is 4.98 Å². The smallest absolute Gasteiger partial charge is 0.115 e. The molecule has 4 heteroatoms. The van der Waals surface area contributed by atoms with Crippen LogP contribution in [0, 0.1) is 0 Å². The third-order valence-corrected chi connectivity index (χ3v) is 3.79. The summed E-state index contributed by atoms with van der Waals surface area (Å²) >= 11 is 0. The molecule has 0 radical (unpaired) electrons. The fraction of sp³-hybridized carbons (Fsp3) is 0.400. The van der Waals surface area contributed by atoms with Crippen molar-refractivity contribution in [2.75, 3.05) is 6.54 Å². The first-order chi connectivity index (χ1) is 9.24. The van der Waals surface area contributed by atoms with Gasteiger partial charge in [0.1, 0.15) is 11.6 Å². The molecule has 1 aliphatic heterocycles. The van der Waals surface area contributed by atoms with Crippen molar-refractivity contribution in [3.8, 4) is 5.75 Å². The molecular weight excluding hydrogens is 238 g/mol. The van der Waals surface area contributed by atoms with Crippen LogP contribution >= 0.6 is 0 Å². The van der Waals surface area contributed by atoms with Gasteiger partial charge in [0.25, 0.3) is 0 Å². The molecule has 0 saturated carbocycles. The van der Waals surface area contributed by atoms with E-state index in [9.17, 15) is 5.11 Å². The van der Waals surface area contributed by atoms with E-state index in [2.05, 4.69) is 16.9 Å². The number of imidazole rings is 1. The number of aromatic nitrogens is 2. The third kappa shape index (κ3) is 2.49. The van der Waals surface area contributed by atoms with E-state index in [0.29, 0.717) is 5.75 Å². The summed E-state index contributed by atoms with van der Waals surface area (Å²) in [4.78, 5) is 4.73. The number of aryl methyl sites for hydroxylation is 2. The Morgan fingerprint density at radius 2 is 2.05 bits per heavy atom. The Morgan fingerprint density at radius 3 is 2.79 bits per heavy atom. The Bertz CT molecular complexity index is 572. The van der Waals surface area contributed by atoms with Gasteiger partial charge in [-0.05, 0) is 24.1 Å². The van der Waals surface area contributed by atoms with Gasteiger partial charge in [-0.15, -0.1) is 0 Å². The molecule has 2 N–H and O–H groups in total. The molecule has 0 aliphatic carbocycles. The van der Waals surface area contributed by atoms with Crippen LogP contribution in [0.15, 0.2) is 24.3 Å². The van der Waals surface area contributed by atoms with Crippen LogP contribution in [0.3, 0.4) is 0 Å². The largest absolute Gasteiger partial charge is 0.508 e. The number of phenolic OH excluding ortho intramolecular Hbond substituents is 1. The summed E-state index contributed by atoms with van der Waals surface area (Å²) in [7, 11) is 2.11. The lowest BCUT2D eigenvalue weighted by Gasteiger charge is -2.13. The van der Waals surface area contributed by atoms with E-state index in [0.717, 1.165) is 38.2 Å². The number of aromatic hydroxyl groups is 1. The first kappa shape index (κ1) is 12.2. The number of rotatable bonds is 3. The number of nitrogens with zero attached hydrogens (tertiary/aromatic N) is 2. The van der Waals surface area contributed by atoms with E-state index >= 15 is 0 Å². The topological polar surface area (TPSA) is 50.1 Å². The number of nitrogens with one attached hydrogen (secondary N) is 1. The van der Waals surface area contributed by atoms with Crippen LogP contribution in [0.1, 0.15) is 22.8 Å². The van der Waals surface area contributed by atoms with Gasteiger partial charge in [0.15, 0.2) is 0 Å². The summed E-state index contributed by atoms with van der Waals surface area (Å²) in [5.74, 6) is 1.48. The van der Waals surface area contributed by atoms with Crippen molar-refractivity contribution in [1.82, 2.24) is 14.9 Å². The van der Waals surface area contributed by atoms with Gasteiger partial charge in [-0.2, -0.15) is 0 Å². The SMILES string of the molecule is Cn1c(CCc2ccc(O)cc2)nc2c1CCNC2. The summed E-state index contributed by atoms with van der Waals surface area (Å²) in [6.45, 7) is 1.94. The lowest BCUT2D eigenvalue weighted by Crippen LogP contribution is -2.24. The molecule has 19 heavy (non-hydrogen) atoms. The molecule has 1 aromatic heterocycles. The molecule has 1 aromatic carbocycles. The normalized spacial score (nSPS) is 14.4. The molecule has 0 bridgehead atoms. The van der Waals surface area contributed by atoms with Crippen molar-refractivity contribution in [1.29, 1.82) is 0 Å². The van der Waals surface area contributed by atoms with Crippen LogP contribution in [0.25, 0.3) is 0 Å². The molecular formula is C15H19N3O. The number of phenols is 1. The molecule has 0 amide bonds. The zero-order valence-electron chi connectivity index (χ0n) is 11.2. The standard InChI is InChI=1S/C15H19N3O/c1-18-14-8-9-16-10-13(14)17-15(18)7-4-11-2-5-12(19)6-3-11/h2-3,5-6,16,19H,4,7-10H2,1H3. The molecule has 0 saturated heterocycles. The van der Waals surface area contributed by atoms with E-state index in [1.54, 1.807) is 12.1 Å². The monoisotopic (exact) mass is 257 g/mol. The average molecular weight is 257 g/mol. The lowest BCUT2D eigenvalue weighted by atomic mass is 10.1. The van der Waals surface area contributed by atoms with Gasteiger partial charge in [-0.1, -0.05) is 12.1 Å². The molecule has 0 unspecified atom stereocenters. The van der Waals surface area contributed by atoms with Crippen LogP contribution in [0.5, 0.6) is 5.75 Å². The molecule has 1 aliphatic rings. The zero-order chi connectivity index (χ0) is 13.2. The van der Waals surface area contributed by atoms with Crippen molar-refractivity contribution >= 4 is 0 Å². The minimum atomic E-state index is 0.322. The van der Waals surface area contributed by atoms with Gasteiger partial charge in [0.2, 0.25) is 0 Å². The zero-order valence-corrected chi connectivity index (χ0v) is 11.2. The Balaban J connectivity index is 1.73. The van der Waals surface area contributed by atoms with Crippen LogP contribution in [-0.2, 0) is 32.9 Å². The summed E-state index contributed by atoms with van der Waals surface area (Å²) in [5.41, 5.74) is 3.81. The lowest BCUT2D eigenvalue weighted by molar-refractivity contribution is 0.475. The van der Waals surface area contributed by atoms with Crippen LogP contribution in [-0.4, -0.2) is 21.2 Å². The van der Waals surface area contributed by atoms with Crippen molar-refractivity contribution in [3.05, 3.63) is 47.0 Å². The van der Waals surface area contributed by atoms with Crippen molar-refractivity contribution < 1.29 is 5.11 Å². The molecule has 2 aromatic rings. The van der Waals surface area contributed by atoms with Gasteiger partial charge in [-0.3, -0.25) is 0 Å². The average Bonchev–Trinajstić information content (AvgIpc) is 2.76. The second kappa shape index (κ2) is 5.05. The summed E-state index contributed by atoms with van der Waals surface area (Å²) < 4.78 is 2.25. The number of hydrogen-bond acceptors (Lipinski definition) is 3. The Kier molecular flexibility index (Phi) is 3.25. The Hall–Kier alpha value is -1.81. The van der Waals surface area contributed by atoms with Crippen molar-refractivity contribution in [3.63, 3.8) is 0 Å².